The van der Waals surface area contributed by atoms with Crippen LogP contribution < -0.4 is 5.32 Å². The summed E-state index contributed by atoms with van der Waals surface area (Å²) in [5.74, 6) is 1.64. The Labute approximate surface area is 96.4 Å². The number of hydrogen-bond donors (Lipinski definition) is 2. The number of nitrogens with zero attached hydrogens (tertiary/aromatic N) is 3. The minimum absolute atomic E-state index is 0.192. The molecule has 90 valence electrons. The number of nitrogens with one attached hydrogen (secondary N) is 2. The molecule has 0 bridgehead atoms. The molecule has 2 rings (SSSR count). The second kappa shape index (κ2) is 5.39. The van der Waals surface area contributed by atoms with Crippen LogP contribution >= 0.6 is 0 Å². The van der Waals surface area contributed by atoms with Crippen LogP contribution in [0.4, 0.5) is 0 Å². The minimum atomic E-state index is 0.192. The van der Waals surface area contributed by atoms with Gasteiger partial charge in [0.05, 0.1) is 6.04 Å². The number of tetrazole rings is 1. The van der Waals surface area contributed by atoms with E-state index < -0.39 is 0 Å². The fraction of sp³-hybridized carbons (Fsp3) is 0.909. The molecule has 0 radical (unpaired) electrons. The van der Waals surface area contributed by atoms with Crippen LogP contribution in [0, 0.1) is 5.92 Å². The number of hydrogen-bond acceptors (Lipinski definition) is 4. The molecule has 1 aliphatic carbocycles. The molecule has 0 saturated heterocycles. The van der Waals surface area contributed by atoms with Crippen LogP contribution in [0.5, 0.6) is 0 Å². The number of aromatic nitrogens is 4. The van der Waals surface area contributed by atoms with Crippen LogP contribution in [0.3, 0.4) is 0 Å². The zero-order chi connectivity index (χ0) is 11.4. The van der Waals surface area contributed by atoms with Gasteiger partial charge in [-0.15, -0.1) is 10.2 Å². The Kier molecular flexibility index (Phi) is 3.88. The highest BCUT2D eigenvalue weighted by Gasteiger charge is 2.19. The number of H-pyrrole nitrogens is 1. The highest BCUT2D eigenvalue weighted by atomic mass is 15.5. The Morgan fingerprint density at radius 2 is 2.19 bits per heavy atom. The van der Waals surface area contributed by atoms with Crippen molar-refractivity contribution in [3.8, 4) is 0 Å². The van der Waals surface area contributed by atoms with Gasteiger partial charge in [0.1, 0.15) is 0 Å². The maximum absolute atomic E-state index is 4.01. The Morgan fingerprint density at radius 1 is 1.31 bits per heavy atom. The fourth-order valence-electron chi connectivity index (χ4n) is 2.43. The molecular weight excluding hydrogens is 202 g/mol. The first-order chi connectivity index (χ1) is 7.75. The summed E-state index contributed by atoms with van der Waals surface area (Å²) in [5, 5.41) is 17.7. The minimum Gasteiger partial charge on any atom is -0.305 e. The zero-order valence-electron chi connectivity index (χ0n) is 10.1. The molecule has 1 aromatic heterocycles. The Balaban J connectivity index is 1.84. The quantitative estimate of drug-likeness (QED) is 0.767. The Bertz CT molecular complexity index is 297. The van der Waals surface area contributed by atoms with Gasteiger partial charge < -0.3 is 5.32 Å². The fourth-order valence-corrected chi connectivity index (χ4v) is 2.43. The van der Waals surface area contributed by atoms with Crippen molar-refractivity contribution >= 4 is 0 Å². The van der Waals surface area contributed by atoms with Crippen molar-refractivity contribution < 1.29 is 0 Å². The smallest absolute Gasteiger partial charge is 0.191 e. The molecule has 3 unspecified atom stereocenters. The molecule has 1 saturated carbocycles. The largest absolute Gasteiger partial charge is 0.305 e. The van der Waals surface area contributed by atoms with Crippen molar-refractivity contribution in [2.75, 3.05) is 0 Å². The molecule has 0 aliphatic heterocycles. The van der Waals surface area contributed by atoms with E-state index in [1.54, 1.807) is 0 Å². The molecule has 2 N–H and O–H groups in total. The summed E-state index contributed by atoms with van der Waals surface area (Å²) in [5.41, 5.74) is 0. The van der Waals surface area contributed by atoms with Gasteiger partial charge in [-0.1, -0.05) is 25.0 Å². The van der Waals surface area contributed by atoms with E-state index in [1.807, 2.05) is 0 Å². The van der Waals surface area contributed by atoms with Crippen molar-refractivity contribution in [2.24, 2.45) is 5.92 Å². The molecule has 1 heterocycles. The summed E-state index contributed by atoms with van der Waals surface area (Å²) >= 11 is 0. The van der Waals surface area contributed by atoms with Crippen LogP contribution in [-0.2, 0) is 0 Å². The summed E-state index contributed by atoms with van der Waals surface area (Å²) < 4.78 is 0. The Morgan fingerprint density at radius 3 is 2.94 bits per heavy atom. The van der Waals surface area contributed by atoms with E-state index in [2.05, 4.69) is 39.8 Å². The van der Waals surface area contributed by atoms with Crippen molar-refractivity contribution in [1.29, 1.82) is 0 Å². The average molecular weight is 223 g/mol. The highest BCUT2D eigenvalue weighted by molar-refractivity contribution is 4.88. The topological polar surface area (TPSA) is 66.5 Å². The van der Waals surface area contributed by atoms with E-state index in [9.17, 15) is 0 Å². The van der Waals surface area contributed by atoms with Gasteiger partial charge in [-0.25, -0.2) is 0 Å². The summed E-state index contributed by atoms with van der Waals surface area (Å²) in [6.45, 7) is 4.45. The summed E-state index contributed by atoms with van der Waals surface area (Å²) in [6.07, 6.45) is 6.57. The lowest BCUT2D eigenvalue weighted by atomic mass is 10.0. The van der Waals surface area contributed by atoms with Gasteiger partial charge in [0.25, 0.3) is 0 Å². The van der Waals surface area contributed by atoms with Crippen LogP contribution in [-0.4, -0.2) is 26.7 Å². The second-order valence-electron chi connectivity index (χ2n) is 4.97. The molecule has 3 atom stereocenters. The van der Waals surface area contributed by atoms with Crippen molar-refractivity contribution in [3.05, 3.63) is 5.82 Å². The lowest BCUT2D eigenvalue weighted by molar-refractivity contribution is 0.399. The third-order valence-corrected chi connectivity index (χ3v) is 3.49. The van der Waals surface area contributed by atoms with Gasteiger partial charge in [0.2, 0.25) is 0 Å². The standard InChI is InChI=1S/C11H21N5/c1-8-4-3-5-10(7-6-8)12-9(2)11-13-15-16-14-11/h8-10,12H,3-7H2,1-2H3,(H,13,14,15,16). The van der Waals surface area contributed by atoms with Gasteiger partial charge in [0.15, 0.2) is 5.82 Å². The van der Waals surface area contributed by atoms with Crippen LogP contribution in [0.2, 0.25) is 0 Å². The molecule has 16 heavy (non-hydrogen) atoms. The van der Waals surface area contributed by atoms with Crippen molar-refractivity contribution in [1.82, 2.24) is 25.9 Å². The summed E-state index contributed by atoms with van der Waals surface area (Å²) in [4.78, 5) is 0. The van der Waals surface area contributed by atoms with Gasteiger partial charge in [0, 0.05) is 6.04 Å². The highest BCUT2D eigenvalue weighted by Crippen LogP contribution is 2.23. The lowest BCUT2D eigenvalue weighted by Gasteiger charge is -2.19. The van der Waals surface area contributed by atoms with Gasteiger partial charge >= 0.3 is 0 Å². The van der Waals surface area contributed by atoms with E-state index in [0.717, 1.165) is 11.7 Å². The van der Waals surface area contributed by atoms with E-state index in [1.165, 1.54) is 32.1 Å². The molecule has 1 aromatic rings. The molecule has 0 spiro atoms. The molecule has 5 nitrogen and oxygen atoms in total. The molecule has 0 aromatic carbocycles. The van der Waals surface area contributed by atoms with E-state index >= 15 is 0 Å². The summed E-state index contributed by atoms with van der Waals surface area (Å²) in [6, 6.07) is 0.801. The monoisotopic (exact) mass is 223 g/mol. The van der Waals surface area contributed by atoms with E-state index in [-0.39, 0.29) is 6.04 Å². The van der Waals surface area contributed by atoms with Crippen molar-refractivity contribution in [2.45, 2.75) is 58.0 Å². The van der Waals surface area contributed by atoms with Crippen LogP contribution in [0.25, 0.3) is 0 Å². The number of rotatable bonds is 3. The average Bonchev–Trinajstić information content (AvgIpc) is 2.72. The van der Waals surface area contributed by atoms with Gasteiger partial charge in [-0.05, 0) is 32.1 Å². The zero-order valence-corrected chi connectivity index (χ0v) is 10.1. The number of aromatic amines is 1. The molecule has 5 heteroatoms. The predicted octanol–water partition coefficient (Wildman–Crippen LogP) is 1.82. The normalized spacial score (nSPS) is 28.6. The third kappa shape index (κ3) is 3.01. The first-order valence-electron chi connectivity index (χ1n) is 6.25. The van der Waals surface area contributed by atoms with Gasteiger partial charge in [-0.2, -0.15) is 5.21 Å². The van der Waals surface area contributed by atoms with E-state index in [0.29, 0.717) is 6.04 Å². The molecular formula is C11H21N5. The Hall–Kier alpha value is -0.970. The third-order valence-electron chi connectivity index (χ3n) is 3.49. The summed E-state index contributed by atoms with van der Waals surface area (Å²) in [7, 11) is 0. The first kappa shape index (κ1) is 11.5. The lowest BCUT2D eigenvalue weighted by Crippen LogP contribution is -2.31. The molecule has 1 aliphatic rings. The molecule has 1 fully saturated rings. The predicted molar refractivity (Wildman–Crippen MR) is 61.8 cm³/mol. The SMILES string of the molecule is CC1CCCC(NC(C)c2nn[nH]n2)CC1. The maximum Gasteiger partial charge on any atom is 0.191 e. The van der Waals surface area contributed by atoms with E-state index in [4.69, 9.17) is 0 Å². The van der Waals surface area contributed by atoms with Crippen molar-refractivity contribution in [3.63, 3.8) is 0 Å². The maximum atomic E-state index is 4.01. The first-order valence-corrected chi connectivity index (χ1v) is 6.25. The van der Waals surface area contributed by atoms with Crippen LogP contribution in [0.1, 0.15) is 57.8 Å². The molecule has 0 amide bonds. The second-order valence-corrected chi connectivity index (χ2v) is 4.97. The van der Waals surface area contributed by atoms with Crippen LogP contribution in [0.15, 0.2) is 0 Å². The van der Waals surface area contributed by atoms with Gasteiger partial charge in [-0.3, -0.25) is 0 Å².